The Balaban J connectivity index is 2.04. The first-order valence-electron chi connectivity index (χ1n) is 7.32. The molecule has 1 unspecified atom stereocenters. The lowest BCUT2D eigenvalue weighted by Crippen LogP contribution is -2.30. The Morgan fingerprint density at radius 2 is 1.79 bits per heavy atom. The number of carbonyl (C=O) groups excluding carboxylic acids is 2. The number of carbonyl (C=O) groups is 2. The molecular formula is C18H17Cl2NO3. The van der Waals surface area contributed by atoms with E-state index in [1.807, 2.05) is 32.0 Å². The average molecular weight is 366 g/mol. The maximum absolute atomic E-state index is 12.2. The van der Waals surface area contributed by atoms with Gasteiger partial charge in [-0.1, -0.05) is 40.9 Å². The molecule has 0 saturated heterocycles. The van der Waals surface area contributed by atoms with Gasteiger partial charge in [0.25, 0.3) is 5.91 Å². The fourth-order valence-electron chi connectivity index (χ4n) is 2.12. The number of ether oxygens (including phenoxy) is 1. The molecule has 2 aromatic carbocycles. The van der Waals surface area contributed by atoms with Gasteiger partial charge in [-0.3, -0.25) is 4.79 Å². The second-order valence-electron chi connectivity index (χ2n) is 5.48. The van der Waals surface area contributed by atoms with Crippen LogP contribution in [0.2, 0.25) is 10.0 Å². The summed E-state index contributed by atoms with van der Waals surface area (Å²) in [5.74, 6) is -1.10. The van der Waals surface area contributed by atoms with Crippen LogP contribution < -0.4 is 5.32 Å². The van der Waals surface area contributed by atoms with Crippen molar-refractivity contribution in [2.45, 2.75) is 26.9 Å². The number of nitrogens with one attached hydrogen (secondary N) is 1. The quantitative estimate of drug-likeness (QED) is 0.792. The molecule has 1 N–H and O–H groups in total. The highest BCUT2D eigenvalue weighted by Crippen LogP contribution is 2.22. The third-order valence-corrected chi connectivity index (χ3v) is 3.99. The van der Waals surface area contributed by atoms with Crippen molar-refractivity contribution in [3.05, 3.63) is 63.1 Å². The molecule has 4 nitrogen and oxygen atoms in total. The van der Waals surface area contributed by atoms with Crippen LogP contribution in [0.1, 0.15) is 28.4 Å². The van der Waals surface area contributed by atoms with Crippen molar-refractivity contribution in [3.63, 3.8) is 0 Å². The predicted molar refractivity (Wildman–Crippen MR) is 95.9 cm³/mol. The molecule has 0 radical (unpaired) electrons. The van der Waals surface area contributed by atoms with Crippen LogP contribution in [0.5, 0.6) is 0 Å². The largest absolute Gasteiger partial charge is 0.449 e. The van der Waals surface area contributed by atoms with Gasteiger partial charge in [-0.05, 0) is 50.6 Å². The van der Waals surface area contributed by atoms with Crippen LogP contribution in [0.4, 0.5) is 5.69 Å². The maximum Gasteiger partial charge on any atom is 0.340 e. The Bertz CT molecular complexity index is 790. The van der Waals surface area contributed by atoms with E-state index in [0.717, 1.165) is 11.1 Å². The highest BCUT2D eigenvalue weighted by atomic mass is 35.5. The zero-order chi connectivity index (χ0) is 17.9. The number of aryl methyl sites for hydroxylation is 2. The maximum atomic E-state index is 12.2. The van der Waals surface area contributed by atoms with Crippen molar-refractivity contribution in [1.29, 1.82) is 0 Å². The van der Waals surface area contributed by atoms with Crippen molar-refractivity contribution >= 4 is 40.8 Å². The summed E-state index contributed by atoms with van der Waals surface area (Å²) in [5, 5.41) is 3.34. The van der Waals surface area contributed by atoms with Gasteiger partial charge in [0.1, 0.15) is 0 Å². The Kier molecular flexibility index (Phi) is 5.86. The van der Waals surface area contributed by atoms with Crippen LogP contribution in [0.15, 0.2) is 36.4 Å². The highest BCUT2D eigenvalue weighted by molar-refractivity contribution is 6.36. The fourth-order valence-corrected chi connectivity index (χ4v) is 2.61. The number of esters is 1. The highest BCUT2D eigenvalue weighted by Gasteiger charge is 2.21. The predicted octanol–water partition coefficient (Wildman–Crippen LogP) is 4.79. The van der Waals surface area contributed by atoms with E-state index >= 15 is 0 Å². The first-order chi connectivity index (χ1) is 11.3. The molecule has 1 amide bonds. The normalized spacial score (nSPS) is 11.7. The molecule has 24 heavy (non-hydrogen) atoms. The Morgan fingerprint density at radius 1 is 1.08 bits per heavy atom. The monoisotopic (exact) mass is 365 g/mol. The van der Waals surface area contributed by atoms with Crippen molar-refractivity contribution in [2.75, 3.05) is 5.32 Å². The van der Waals surface area contributed by atoms with Gasteiger partial charge in [-0.25, -0.2) is 4.79 Å². The molecule has 0 aromatic heterocycles. The standard InChI is InChI=1S/C18H17Cl2NO3/c1-10-4-7-16(11(2)8-10)21-17(22)12(3)24-18(23)14-6-5-13(19)9-15(14)20/h4-9,12H,1-3H3,(H,21,22). The van der Waals surface area contributed by atoms with Gasteiger partial charge in [0, 0.05) is 10.7 Å². The lowest BCUT2D eigenvalue weighted by atomic mass is 10.1. The number of anilines is 1. The van der Waals surface area contributed by atoms with Crippen LogP contribution in [-0.4, -0.2) is 18.0 Å². The molecule has 2 rings (SSSR count). The van der Waals surface area contributed by atoms with Crippen molar-refractivity contribution in [1.82, 2.24) is 0 Å². The number of benzene rings is 2. The molecule has 0 aliphatic rings. The van der Waals surface area contributed by atoms with E-state index in [1.165, 1.54) is 25.1 Å². The SMILES string of the molecule is Cc1ccc(NC(=O)C(C)OC(=O)c2ccc(Cl)cc2Cl)c(C)c1. The van der Waals surface area contributed by atoms with Crippen LogP contribution >= 0.6 is 23.2 Å². The Hall–Kier alpha value is -2.04. The zero-order valence-corrected chi connectivity index (χ0v) is 15.0. The molecule has 126 valence electrons. The number of rotatable bonds is 4. The van der Waals surface area contributed by atoms with E-state index in [1.54, 1.807) is 0 Å². The molecule has 0 saturated carbocycles. The third-order valence-electron chi connectivity index (χ3n) is 3.44. The van der Waals surface area contributed by atoms with Crippen molar-refractivity contribution < 1.29 is 14.3 Å². The van der Waals surface area contributed by atoms with E-state index in [0.29, 0.717) is 10.7 Å². The number of hydrogen-bond donors (Lipinski definition) is 1. The van der Waals surface area contributed by atoms with E-state index < -0.39 is 18.0 Å². The second-order valence-corrected chi connectivity index (χ2v) is 6.32. The Morgan fingerprint density at radius 3 is 2.42 bits per heavy atom. The molecule has 0 aliphatic heterocycles. The van der Waals surface area contributed by atoms with Gasteiger partial charge in [0.05, 0.1) is 10.6 Å². The van der Waals surface area contributed by atoms with Gasteiger partial charge in [0.2, 0.25) is 0 Å². The topological polar surface area (TPSA) is 55.4 Å². The summed E-state index contributed by atoms with van der Waals surface area (Å²) in [6.45, 7) is 5.37. The molecule has 0 aliphatic carbocycles. The van der Waals surface area contributed by atoms with E-state index in [2.05, 4.69) is 5.32 Å². The molecular weight excluding hydrogens is 349 g/mol. The lowest BCUT2D eigenvalue weighted by molar-refractivity contribution is -0.123. The van der Waals surface area contributed by atoms with E-state index in [-0.39, 0.29) is 10.6 Å². The van der Waals surface area contributed by atoms with Gasteiger partial charge >= 0.3 is 5.97 Å². The molecule has 6 heteroatoms. The smallest absolute Gasteiger partial charge is 0.340 e. The van der Waals surface area contributed by atoms with Crippen LogP contribution in [0, 0.1) is 13.8 Å². The summed E-state index contributed by atoms with van der Waals surface area (Å²) in [6.07, 6.45) is -0.968. The average Bonchev–Trinajstić information content (AvgIpc) is 2.49. The van der Waals surface area contributed by atoms with Crippen molar-refractivity contribution in [3.8, 4) is 0 Å². The van der Waals surface area contributed by atoms with E-state index in [4.69, 9.17) is 27.9 Å². The molecule has 0 heterocycles. The summed E-state index contributed by atoms with van der Waals surface area (Å²) in [6, 6.07) is 10.1. The molecule has 1 atom stereocenters. The van der Waals surface area contributed by atoms with Crippen LogP contribution in [-0.2, 0) is 9.53 Å². The molecule has 0 fully saturated rings. The minimum atomic E-state index is -0.968. The summed E-state index contributed by atoms with van der Waals surface area (Å²) in [4.78, 5) is 24.3. The van der Waals surface area contributed by atoms with Gasteiger partial charge in [-0.2, -0.15) is 0 Å². The number of amides is 1. The third kappa shape index (κ3) is 4.49. The van der Waals surface area contributed by atoms with Gasteiger partial charge in [-0.15, -0.1) is 0 Å². The lowest BCUT2D eigenvalue weighted by Gasteiger charge is -2.15. The summed E-state index contributed by atoms with van der Waals surface area (Å²) < 4.78 is 5.18. The summed E-state index contributed by atoms with van der Waals surface area (Å²) >= 11 is 11.8. The second kappa shape index (κ2) is 7.69. The Labute approximate surface area is 150 Å². The van der Waals surface area contributed by atoms with E-state index in [9.17, 15) is 9.59 Å². The molecule has 0 spiro atoms. The van der Waals surface area contributed by atoms with Crippen LogP contribution in [0.3, 0.4) is 0 Å². The first-order valence-corrected chi connectivity index (χ1v) is 8.07. The minimum Gasteiger partial charge on any atom is -0.449 e. The minimum absolute atomic E-state index is 0.159. The van der Waals surface area contributed by atoms with Crippen LogP contribution in [0.25, 0.3) is 0 Å². The van der Waals surface area contributed by atoms with Gasteiger partial charge < -0.3 is 10.1 Å². The summed E-state index contributed by atoms with van der Waals surface area (Å²) in [5.41, 5.74) is 2.87. The molecule has 2 aromatic rings. The van der Waals surface area contributed by atoms with Gasteiger partial charge in [0.15, 0.2) is 6.10 Å². The number of halogens is 2. The first kappa shape index (κ1) is 18.3. The molecule has 0 bridgehead atoms. The summed E-state index contributed by atoms with van der Waals surface area (Å²) in [7, 11) is 0. The number of hydrogen-bond acceptors (Lipinski definition) is 3. The fraction of sp³-hybridized carbons (Fsp3) is 0.222. The zero-order valence-electron chi connectivity index (χ0n) is 13.5. The van der Waals surface area contributed by atoms with Crippen molar-refractivity contribution in [2.24, 2.45) is 0 Å².